The molecule has 0 saturated heterocycles. The second-order valence-corrected chi connectivity index (χ2v) is 5.80. The zero-order valence-electron chi connectivity index (χ0n) is 13.9. The average Bonchev–Trinajstić information content (AvgIpc) is 3.04. The standard InChI is InChI=1S/C17H13F3N4O3/c1-10(16(25)22-12-5-2-4-11(8-12)17(18,19)20)23-9-21-13-6-3-7-14(15(13)23)24(26)27/h2-10H,1H3,(H,22,25). The van der Waals surface area contributed by atoms with Crippen molar-refractivity contribution in [2.24, 2.45) is 0 Å². The van der Waals surface area contributed by atoms with Crippen LogP contribution in [0.3, 0.4) is 0 Å². The molecule has 1 unspecified atom stereocenters. The summed E-state index contributed by atoms with van der Waals surface area (Å²) in [5, 5.41) is 13.6. The van der Waals surface area contributed by atoms with E-state index in [1.54, 1.807) is 6.07 Å². The first-order valence-corrected chi connectivity index (χ1v) is 7.76. The first kappa shape index (κ1) is 18.4. The molecule has 1 atom stereocenters. The van der Waals surface area contributed by atoms with E-state index < -0.39 is 28.6 Å². The van der Waals surface area contributed by atoms with E-state index in [0.29, 0.717) is 5.52 Å². The zero-order chi connectivity index (χ0) is 19.8. The van der Waals surface area contributed by atoms with Crippen molar-refractivity contribution in [1.29, 1.82) is 0 Å². The molecule has 0 fully saturated rings. The molecule has 7 nitrogen and oxygen atoms in total. The number of non-ortho nitro benzene ring substituents is 1. The fourth-order valence-electron chi connectivity index (χ4n) is 2.66. The van der Waals surface area contributed by atoms with Crippen molar-refractivity contribution in [3.8, 4) is 0 Å². The Balaban J connectivity index is 1.91. The number of fused-ring (bicyclic) bond motifs is 1. The van der Waals surface area contributed by atoms with E-state index in [9.17, 15) is 28.1 Å². The van der Waals surface area contributed by atoms with Crippen LogP contribution < -0.4 is 5.32 Å². The number of carbonyl (C=O) groups excluding carboxylic acids is 1. The first-order chi connectivity index (χ1) is 12.7. The van der Waals surface area contributed by atoms with E-state index >= 15 is 0 Å². The average molecular weight is 378 g/mol. The predicted molar refractivity (Wildman–Crippen MR) is 91.2 cm³/mol. The van der Waals surface area contributed by atoms with Crippen LogP contribution in [0.25, 0.3) is 11.0 Å². The van der Waals surface area contributed by atoms with Gasteiger partial charge in [0.2, 0.25) is 5.91 Å². The van der Waals surface area contributed by atoms with Crippen molar-refractivity contribution in [2.75, 3.05) is 5.32 Å². The van der Waals surface area contributed by atoms with Gasteiger partial charge in [-0.25, -0.2) is 4.98 Å². The van der Waals surface area contributed by atoms with Gasteiger partial charge in [0.05, 0.1) is 22.3 Å². The summed E-state index contributed by atoms with van der Waals surface area (Å²) in [6, 6.07) is 7.62. The third-order valence-electron chi connectivity index (χ3n) is 4.02. The number of nitro benzene ring substituents is 1. The summed E-state index contributed by atoms with van der Waals surface area (Å²) < 4.78 is 39.7. The Hall–Kier alpha value is -3.43. The largest absolute Gasteiger partial charge is 0.416 e. The summed E-state index contributed by atoms with van der Waals surface area (Å²) in [6.45, 7) is 1.47. The van der Waals surface area contributed by atoms with Gasteiger partial charge in [0.15, 0.2) is 0 Å². The lowest BCUT2D eigenvalue weighted by Gasteiger charge is -2.15. The summed E-state index contributed by atoms with van der Waals surface area (Å²) in [4.78, 5) is 27.2. The van der Waals surface area contributed by atoms with Crippen LogP contribution in [0, 0.1) is 10.1 Å². The van der Waals surface area contributed by atoms with Gasteiger partial charge in [-0.15, -0.1) is 0 Å². The normalized spacial score (nSPS) is 12.7. The van der Waals surface area contributed by atoms with E-state index in [-0.39, 0.29) is 16.9 Å². The van der Waals surface area contributed by atoms with Crippen LogP contribution in [-0.2, 0) is 11.0 Å². The van der Waals surface area contributed by atoms with Gasteiger partial charge < -0.3 is 9.88 Å². The van der Waals surface area contributed by atoms with Gasteiger partial charge in [-0.2, -0.15) is 13.2 Å². The molecular formula is C17H13F3N4O3. The molecule has 0 radical (unpaired) electrons. The number of anilines is 1. The summed E-state index contributed by atoms with van der Waals surface area (Å²) in [6.07, 6.45) is -3.25. The van der Waals surface area contributed by atoms with E-state index in [1.807, 2.05) is 0 Å². The molecule has 2 aromatic carbocycles. The maximum absolute atomic E-state index is 12.8. The quantitative estimate of drug-likeness (QED) is 0.545. The Morgan fingerprint density at radius 1 is 1.26 bits per heavy atom. The van der Waals surface area contributed by atoms with Crippen LogP contribution in [0.5, 0.6) is 0 Å². The van der Waals surface area contributed by atoms with E-state index in [2.05, 4.69) is 10.3 Å². The van der Waals surface area contributed by atoms with Gasteiger partial charge in [-0.1, -0.05) is 12.1 Å². The lowest BCUT2D eigenvalue weighted by Crippen LogP contribution is -2.23. The number of para-hydroxylation sites is 1. The SMILES string of the molecule is CC(C(=O)Nc1cccc(C(F)(F)F)c1)n1cnc2cccc([N+](=O)[O-])c21. The number of benzene rings is 2. The van der Waals surface area contributed by atoms with Crippen molar-refractivity contribution in [3.05, 3.63) is 64.5 Å². The first-order valence-electron chi connectivity index (χ1n) is 7.76. The molecule has 27 heavy (non-hydrogen) atoms. The fraction of sp³-hybridized carbons (Fsp3) is 0.176. The monoisotopic (exact) mass is 378 g/mol. The number of alkyl halides is 3. The number of aromatic nitrogens is 2. The molecule has 3 rings (SSSR count). The number of nitrogens with zero attached hydrogens (tertiary/aromatic N) is 3. The number of nitrogens with one attached hydrogen (secondary N) is 1. The van der Waals surface area contributed by atoms with Crippen LogP contribution in [0.1, 0.15) is 18.5 Å². The van der Waals surface area contributed by atoms with Crippen LogP contribution in [0.4, 0.5) is 24.5 Å². The van der Waals surface area contributed by atoms with Crippen LogP contribution in [0.2, 0.25) is 0 Å². The van der Waals surface area contributed by atoms with Crippen LogP contribution >= 0.6 is 0 Å². The van der Waals surface area contributed by atoms with Gasteiger partial charge in [0.1, 0.15) is 11.6 Å². The Morgan fingerprint density at radius 3 is 2.63 bits per heavy atom. The van der Waals surface area contributed by atoms with Crippen molar-refractivity contribution < 1.29 is 22.9 Å². The number of hydrogen-bond donors (Lipinski definition) is 1. The molecule has 3 aromatic rings. The van der Waals surface area contributed by atoms with E-state index in [0.717, 1.165) is 12.1 Å². The Morgan fingerprint density at radius 2 is 1.96 bits per heavy atom. The molecule has 0 saturated carbocycles. The molecule has 0 bridgehead atoms. The van der Waals surface area contributed by atoms with Crippen molar-refractivity contribution >= 4 is 28.3 Å². The lowest BCUT2D eigenvalue weighted by molar-refractivity contribution is -0.383. The molecule has 0 aliphatic rings. The minimum absolute atomic E-state index is 0.0272. The summed E-state index contributed by atoms with van der Waals surface area (Å²) >= 11 is 0. The van der Waals surface area contributed by atoms with Gasteiger partial charge in [-0.05, 0) is 31.2 Å². The molecule has 1 N–H and O–H groups in total. The predicted octanol–water partition coefficient (Wildman–Crippen LogP) is 4.16. The second kappa shape index (κ2) is 6.71. The highest BCUT2D eigenvalue weighted by molar-refractivity contribution is 5.95. The molecule has 140 valence electrons. The number of rotatable bonds is 4. The van der Waals surface area contributed by atoms with Crippen molar-refractivity contribution in [1.82, 2.24) is 9.55 Å². The number of imidazole rings is 1. The maximum Gasteiger partial charge on any atom is 0.416 e. The van der Waals surface area contributed by atoms with Gasteiger partial charge in [-0.3, -0.25) is 14.9 Å². The number of hydrogen-bond acceptors (Lipinski definition) is 4. The third-order valence-corrected chi connectivity index (χ3v) is 4.02. The highest BCUT2D eigenvalue weighted by Gasteiger charge is 2.30. The molecular weight excluding hydrogens is 365 g/mol. The van der Waals surface area contributed by atoms with E-state index in [1.165, 1.54) is 42.1 Å². The highest BCUT2D eigenvalue weighted by Crippen LogP contribution is 2.31. The highest BCUT2D eigenvalue weighted by atomic mass is 19.4. The Kier molecular flexibility index (Phi) is 4.56. The maximum atomic E-state index is 12.8. The van der Waals surface area contributed by atoms with Crippen molar-refractivity contribution in [3.63, 3.8) is 0 Å². The van der Waals surface area contributed by atoms with Gasteiger partial charge in [0.25, 0.3) is 5.69 Å². The van der Waals surface area contributed by atoms with E-state index in [4.69, 9.17) is 0 Å². The summed E-state index contributed by atoms with van der Waals surface area (Å²) in [7, 11) is 0. The minimum Gasteiger partial charge on any atom is -0.324 e. The molecule has 1 aromatic heterocycles. The molecule has 10 heteroatoms. The summed E-state index contributed by atoms with van der Waals surface area (Å²) in [5.41, 5.74) is -0.641. The van der Waals surface area contributed by atoms with Gasteiger partial charge >= 0.3 is 6.18 Å². The lowest BCUT2D eigenvalue weighted by atomic mass is 10.2. The molecule has 0 aliphatic carbocycles. The smallest absolute Gasteiger partial charge is 0.324 e. The fourth-order valence-corrected chi connectivity index (χ4v) is 2.66. The Labute approximate surface area is 150 Å². The number of halogens is 3. The molecule has 0 spiro atoms. The zero-order valence-corrected chi connectivity index (χ0v) is 13.9. The van der Waals surface area contributed by atoms with Crippen LogP contribution in [-0.4, -0.2) is 20.4 Å². The molecule has 0 aliphatic heterocycles. The topological polar surface area (TPSA) is 90.1 Å². The number of nitro groups is 1. The molecule has 1 amide bonds. The van der Waals surface area contributed by atoms with Crippen LogP contribution in [0.15, 0.2) is 48.8 Å². The number of carbonyl (C=O) groups is 1. The number of amides is 1. The third kappa shape index (κ3) is 3.59. The van der Waals surface area contributed by atoms with Crippen molar-refractivity contribution in [2.45, 2.75) is 19.1 Å². The Bertz CT molecular complexity index is 1030. The second-order valence-electron chi connectivity index (χ2n) is 5.80. The molecule has 1 heterocycles. The van der Waals surface area contributed by atoms with Gasteiger partial charge in [0, 0.05) is 11.8 Å². The minimum atomic E-state index is -4.53. The summed E-state index contributed by atoms with van der Waals surface area (Å²) in [5.74, 6) is -0.633.